The Kier molecular flexibility index (Phi) is 12.1. The molecule has 6 aromatic rings. The first-order valence-corrected chi connectivity index (χ1v) is 18.6. The summed E-state index contributed by atoms with van der Waals surface area (Å²) in [6.07, 6.45) is 6.08. The second-order valence-electron chi connectivity index (χ2n) is 13.8. The Balaban J connectivity index is 0.000000180. The highest BCUT2D eigenvalue weighted by Gasteiger charge is 2.28. The van der Waals surface area contributed by atoms with Gasteiger partial charge >= 0.3 is 0 Å². The Hall–Kier alpha value is -6.47. The van der Waals surface area contributed by atoms with Crippen molar-refractivity contribution in [3.8, 4) is 23.0 Å². The number of aryl methyl sites for hydroxylation is 2. The maximum Gasteiger partial charge on any atom is 0.294 e. The van der Waals surface area contributed by atoms with Crippen molar-refractivity contribution in [1.29, 1.82) is 0 Å². The number of pyridine rings is 2. The third kappa shape index (κ3) is 9.15. The summed E-state index contributed by atoms with van der Waals surface area (Å²) >= 11 is 0. The maximum atomic E-state index is 13.9. The van der Waals surface area contributed by atoms with Crippen molar-refractivity contribution >= 4 is 39.9 Å². The van der Waals surface area contributed by atoms with E-state index >= 15 is 0 Å². The van der Waals surface area contributed by atoms with Crippen molar-refractivity contribution in [1.82, 2.24) is 29.1 Å². The molecule has 0 radical (unpaired) electrons. The smallest absolute Gasteiger partial charge is 0.294 e. The number of hydrogen-bond acceptors (Lipinski definition) is 12. The molecule has 2 aliphatic rings. The summed E-state index contributed by atoms with van der Waals surface area (Å²) in [5.41, 5.74) is -0.352. The number of amides is 1. The van der Waals surface area contributed by atoms with Gasteiger partial charge in [0.15, 0.2) is 34.6 Å². The zero-order valence-corrected chi connectivity index (χ0v) is 32.1. The molecule has 2 saturated heterocycles. The molecule has 0 aliphatic carbocycles. The van der Waals surface area contributed by atoms with Crippen LogP contribution in [0.3, 0.4) is 0 Å². The Morgan fingerprint density at radius 3 is 1.71 bits per heavy atom. The van der Waals surface area contributed by atoms with Gasteiger partial charge in [-0.15, -0.1) is 0 Å². The number of fused-ring (bicyclic) bond motifs is 2. The number of aromatic nitrogens is 6. The average Bonchev–Trinajstić information content (AvgIpc) is 3.22. The molecule has 0 atom stereocenters. The van der Waals surface area contributed by atoms with Crippen LogP contribution in [-0.2, 0) is 28.4 Å². The lowest BCUT2D eigenvalue weighted by atomic mass is 10.1. The molecule has 1 amide bonds. The van der Waals surface area contributed by atoms with E-state index in [1.54, 1.807) is 13.2 Å². The van der Waals surface area contributed by atoms with Crippen LogP contribution in [0.5, 0.6) is 23.0 Å². The third-order valence-electron chi connectivity index (χ3n) is 9.71. The van der Waals surface area contributed by atoms with Gasteiger partial charge in [-0.05, 0) is 62.1 Å². The molecule has 0 unspecified atom stereocenters. The number of hydrogen-bond donors (Lipinski definition) is 1. The van der Waals surface area contributed by atoms with E-state index in [2.05, 4.69) is 25.3 Å². The molecule has 2 fully saturated rings. The lowest BCUT2D eigenvalue weighted by Crippen LogP contribution is -2.43. The molecule has 0 bridgehead atoms. The molecule has 1 N–H and O–H groups in total. The van der Waals surface area contributed by atoms with Crippen LogP contribution in [0.15, 0.2) is 70.5 Å². The topological polar surface area (TPSA) is 165 Å². The highest BCUT2D eigenvalue weighted by Crippen LogP contribution is 2.28. The summed E-state index contributed by atoms with van der Waals surface area (Å²) in [6.45, 7) is 3.90. The van der Waals surface area contributed by atoms with E-state index in [-0.39, 0.29) is 46.9 Å². The quantitative estimate of drug-likeness (QED) is 0.181. The van der Waals surface area contributed by atoms with E-state index in [1.165, 1.54) is 46.3 Å². The van der Waals surface area contributed by atoms with Crippen molar-refractivity contribution < 1.29 is 41.3 Å². The lowest BCUT2D eigenvalue weighted by Gasteiger charge is -2.32. The third-order valence-corrected chi connectivity index (χ3v) is 9.71. The fourth-order valence-corrected chi connectivity index (χ4v) is 6.64. The summed E-state index contributed by atoms with van der Waals surface area (Å²) in [5.74, 6) is -3.67. The Labute approximate surface area is 333 Å². The van der Waals surface area contributed by atoms with Gasteiger partial charge in [0.05, 0.1) is 0 Å². The first-order valence-electron chi connectivity index (χ1n) is 18.6. The first-order chi connectivity index (χ1) is 28.4. The molecule has 308 valence electrons. The molecular weight excluding hydrogens is 780 g/mol. The number of ether oxygens (including phenoxy) is 4. The molecule has 15 nitrogen and oxygen atoms in total. The zero-order valence-electron chi connectivity index (χ0n) is 32.1. The maximum absolute atomic E-state index is 13.9. The largest absolute Gasteiger partial charge is 0.448 e. The fraction of sp³-hybridized carbons (Fsp3) is 0.325. The molecule has 2 aromatic carbocycles. The van der Waals surface area contributed by atoms with Crippen LogP contribution in [-0.4, -0.2) is 73.5 Å². The van der Waals surface area contributed by atoms with Crippen LogP contribution in [0.4, 0.5) is 29.5 Å². The van der Waals surface area contributed by atoms with Crippen molar-refractivity contribution in [3.05, 3.63) is 105 Å². The number of rotatable bonds is 8. The number of nitrogens with one attached hydrogen (secondary N) is 1. The summed E-state index contributed by atoms with van der Waals surface area (Å²) in [7, 11) is 3.03. The van der Waals surface area contributed by atoms with Gasteiger partial charge in [-0.2, -0.15) is 9.97 Å². The number of benzene rings is 2. The van der Waals surface area contributed by atoms with Gasteiger partial charge in [0.2, 0.25) is 17.8 Å². The van der Waals surface area contributed by atoms with Gasteiger partial charge in [-0.3, -0.25) is 28.4 Å². The van der Waals surface area contributed by atoms with Gasteiger partial charge in [-0.1, -0.05) is 0 Å². The van der Waals surface area contributed by atoms with Crippen LogP contribution >= 0.6 is 0 Å². The van der Waals surface area contributed by atoms with Gasteiger partial charge < -0.3 is 24.3 Å². The average molecular weight is 819 g/mol. The molecule has 2 aliphatic heterocycles. The van der Waals surface area contributed by atoms with E-state index in [0.29, 0.717) is 79.4 Å². The minimum Gasteiger partial charge on any atom is -0.448 e. The minimum absolute atomic E-state index is 0.0928. The highest BCUT2D eigenvalue weighted by atomic mass is 19.1. The normalized spacial score (nSPS) is 14.8. The van der Waals surface area contributed by atoms with Gasteiger partial charge in [0.25, 0.3) is 11.1 Å². The predicted octanol–water partition coefficient (Wildman–Crippen LogP) is 5.92. The molecule has 19 heteroatoms. The fourth-order valence-electron chi connectivity index (χ4n) is 6.64. The number of halogens is 4. The van der Waals surface area contributed by atoms with Crippen molar-refractivity contribution in [3.63, 3.8) is 0 Å². The standard InChI is InChI=1S/C21H20F2N4O4.C19H18F2N4O3/c1-12(28)27(15-5-7-30-8-6-15)21-24-11-13-9-18(20(29)26(2)19(13)25-21)31-17-4-3-14(22)10-16(17)23;1-25-17-11(10-22-19(24-17)23-13-4-6-27-7-5-13)8-16(18(25)26)28-15-3-2-12(20)9-14(15)21/h3-4,9-11,15H,5-8H2,1-2H3;2-3,8-10,13H,4-7H2,1H3,(H,22,23,24). The van der Waals surface area contributed by atoms with Crippen LogP contribution in [0.1, 0.15) is 32.6 Å². The van der Waals surface area contributed by atoms with Gasteiger partial charge in [-0.25, -0.2) is 27.5 Å². The van der Waals surface area contributed by atoms with E-state index < -0.39 is 34.4 Å². The van der Waals surface area contributed by atoms with Crippen molar-refractivity contribution in [2.24, 2.45) is 14.1 Å². The lowest BCUT2D eigenvalue weighted by molar-refractivity contribution is -0.117. The number of carbonyl (C=O) groups excluding carboxylic acids is 1. The van der Waals surface area contributed by atoms with Crippen molar-refractivity contribution in [2.45, 2.75) is 44.7 Å². The van der Waals surface area contributed by atoms with Crippen LogP contribution in [0, 0.1) is 23.3 Å². The summed E-state index contributed by atoms with van der Waals surface area (Å²) < 4.78 is 77.9. The van der Waals surface area contributed by atoms with Gasteiger partial charge in [0.1, 0.15) is 22.9 Å². The van der Waals surface area contributed by atoms with Gasteiger partial charge in [0, 0.05) is 94.8 Å². The molecule has 0 saturated carbocycles. The molecule has 8 rings (SSSR count). The first kappa shape index (κ1) is 40.7. The van der Waals surface area contributed by atoms with Crippen LogP contribution in [0.2, 0.25) is 0 Å². The Morgan fingerprint density at radius 1 is 0.712 bits per heavy atom. The zero-order chi connectivity index (χ0) is 41.8. The van der Waals surface area contributed by atoms with Crippen LogP contribution < -0.4 is 30.8 Å². The van der Waals surface area contributed by atoms with E-state index in [0.717, 1.165) is 37.1 Å². The van der Waals surface area contributed by atoms with Crippen LogP contribution in [0.25, 0.3) is 22.1 Å². The monoisotopic (exact) mass is 818 g/mol. The molecule has 4 aromatic heterocycles. The van der Waals surface area contributed by atoms with E-state index in [9.17, 15) is 31.9 Å². The van der Waals surface area contributed by atoms with Crippen molar-refractivity contribution in [2.75, 3.05) is 36.6 Å². The van der Waals surface area contributed by atoms with E-state index in [4.69, 9.17) is 18.9 Å². The second kappa shape index (κ2) is 17.6. The minimum atomic E-state index is -0.928. The summed E-state index contributed by atoms with van der Waals surface area (Å²) in [6, 6.07) is 8.64. The molecule has 0 spiro atoms. The Bertz CT molecular complexity index is 2650. The molecular formula is C40H38F4N8O7. The number of carbonyl (C=O) groups is 1. The molecule has 6 heterocycles. The Morgan fingerprint density at radius 2 is 1.20 bits per heavy atom. The summed E-state index contributed by atoms with van der Waals surface area (Å²) in [5, 5.41) is 4.26. The SMILES string of the molecule is CC(=O)N(c1ncc2cc(Oc3ccc(F)cc3F)c(=O)n(C)c2n1)C1CCOCC1.Cn1c(=O)c(Oc2ccc(F)cc2F)cc2cnc(NC3CCOCC3)nc21. The summed E-state index contributed by atoms with van der Waals surface area (Å²) in [4.78, 5) is 56.7. The second-order valence-corrected chi connectivity index (χ2v) is 13.8. The van der Waals surface area contributed by atoms with E-state index in [1.807, 2.05) is 0 Å². The molecule has 59 heavy (non-hydrogen) atoms. The predicted molar refractivity (Wildman–Crippen MR) is 207 cm³/mol. The highest BCUT2D eigenvalue weighted by molar-refractivity contribution is 5.91. The number of nitrogens with zero attached hydrogens (tertiary/aromatic N) is 7. The number of anilines is 2.